The van der Waals surface area contributed by atoms with Crippen molar-refractivity contribution in [3.8, 4) is 5.75 Å². The van der Waals surface area contributed by atoms with E-state index in [4.69, 9.17) is 14.2 Å². The summed E-state index contributed by atoms with van der Waals surface area (Å²) in [6.45, 7) is 2.79. The van der Waals surface area contributed by atoms with Crippen molar-refractivity contribution in [2.75, 3.05) is 43.2 Å². The van der Waals surface area contributed by atoms with Crippen LogP contribution in [0.1, 0.15) is 58.3 Å². The Morgan fingerprint density at radius 2 is 1.57 bits per heavy atom. The summed E-state index contributed by atoms with van der Waals surface area (Å²) >= 11 is 1.52. The largest absolute Gasteiger partial charge is 0.487 e. The molecule has 1 aliphatic rings. The second-order valence-corrected chi connectivity index (χ2v) is 10.0. The number of aliphatic hydroxyl groups excluding tert-OH is 4. The lowest BCUT2D eigenvalue weighted by Crippen LogP contribution is -2.59. The summed E-state index contributed by atoms with van der Waals surface area (Å²) < 4.78 is 16.3. The standard InChI is InChI=1S/C24H41NO9S/c1-2-3-4-5-6-7-8-9-11-32-23-17(19(28)21(23)30)25-10-13-35-14-12-33-24-22(31)20(29)18(27)16(15-26)34-24/h16,18,20,22,24-27,29,31H,2-15H2,1H3/t16-,18-,20+,22-,24-/m1/s1. The topological polar surface area (TPSA) is 155 Å². The Bertz CT molecular complexity index is 783. The van der Waals surface area contributed by atoms with Crippen molar-refractivity contribution in [2.45, 2.75) is 89.0 Å². The van der Waals surface area contributed by atoms with Crippen LogP contribution in [0.15, 0.2) is 9.59 Å². The van der Waals surface area contributed by atoms with Crippen LogP contribution < -0.4 is 20.9 Å². The predicted molar refractivity (Wildman–Crippen MR) is 135 cm³/mol. The summed E-state index contributed by atoms with van der Waals surface area (Å²) in [5.74, 6) is 1.31. The molecule has 1 fully saturated rings. The maximum atomic E-state index is 11.8. The highest BCUT2D eigenvalue weighted by atomic mass is 32.2. The molecule has 0 spiro atoms. The number of rotatable bonds is 19. The first-order valence-corrected chi connectivity index (χ1v) is 13.8. The van der Waals surface area contributed by atoms with Crippen LogP contribution >= 0.6 is 11.8 Å². The third-order valence-corrected chi connectivity index (χ3v) is 6.97. The molecule has 0 radical (unpaired) electrons. The summed E-state index contributed by atoms with van der Waals surface area (Å²) in [5, 5.41) is 41.6. The number of aliphatic hydroxyl groups is 4. The molecule has 1 aromatic carbocycles. The Labute approximate surface area is 210 Å². The van der Waals surface area contributed by atoms with E-state index in [0.29, 0.717) is 24.7 Å². The van der Waals surface area contributed by atoms with E-state index in [2.05, 4.69) is 12.2 Å². The number of thioether (sulfide) groups is 1. The molecule has 11 heteroatoms. The Balaban J connectivity index is 1.56. The van der Waals surface area contributed by atoms with Gasteiger partial charge in [-0.1, -0.05) is 51.9 Å². The number of ether oxygens (including phenoxy) is 3. The molecular formula is C24H41NO9S. The molecule has 5 atom stereocenters. The van der Waals surface area contributed by atoms with E-state index in [1.165, 1.54) is 43.9 Å². The zero-order valence-electron chi connectivity index (χ0n) is 20.5. The van der Waals surface area contributed by atoms with Gasteiger partial charge in [0.2, 0.25) is 0 Å². The van der Waals surface area contributed by atoms with Crippen molar-refractivity contribution in [2.24, 2.45) is 0 Å². The molecule has 35 heavy (non-hydrogen) atoms. The van der Waals surface area contributed by atoms with E-state index in [1.807, 2.05) is 0 Å². The maximum absolute atomic E-state index is 11.8. The van der Waals surface area contributed by atoms with Gasteiger partial charge in [-0.2, -0.15) is 11.8 Å². The van der Waals surface area contributed by atoms with Crippen molar-refractivity contribution in [1.29, 1.82) is 0 Å². The van der Waals surface area contributed by atoms with Crippen molar-refractivity contribution in [1.82, 2.24) is 0 Å². The summed E-state index contributed by atoms with van der Waals surface area (Å²) in [6.07, 6.45) is 2.91. The Morgan fingerprint density at radius 1 is 0.886 bits per heavy atom. The van der Waals surface area contributed by atoms with E-state index >= 15 is 0 Å². The van der Waals surface area contributed by atoms with Crippen LogP contribution in [0.25, 0.3) is 0 Å². The lowest BCUT2D eigenvalue weighted by atomic mass is 9.99. The van der Waals surface area contributed by atoms with Gasteiger partial charge in [-0.15, -0.1) is 0 Å². The highest BCUT2D eigenvalue weighted by Crippen LogP contribution is 2.22. The monoisotopic (exact) mass is 519 g/mol. The third kappa shape index (κ3) is 9.31. The van der Waals surface area contributed by atoms with Crippen LogP contribution in [0.3, 0.4) is 0 Å². The maximum Gasteiger partial charge on any atom is 0.272 e. The zero-order chi connectivity index (χ0) is 25.6. The molecule has 0 unspecified atom stereocenters. The van der Waals surface area contributed by atoms with Gasteiger partial charge in [-0.05, 0) is 6.42 Å². The molecule has 0 bridgehead atoms. The lowest BCUT2D eigenvalue weighted by molar-refractivity contribution is -0.299. The van der Waals surface area contributed by atoms with Gasteiger partial charge in [0.1, 0.15) is 30.1 Å². The molecule has 5 N–H and O–H groups in total. The number of nitrogens with one attached hydrogen (secondary N) is 1. The van der Waals surface area contributed by atoms with Crippen LogP contribution in [-0.2, 0) is 9.47 Å². The summed E-state index contributed by atoms with van der Waals surface area (Å²) in [6, 6.07) is 0. The second kappa shape index (κ2) is 16.5. The molecule has 0 aliphatic carbocycles. The molecule has 0 aromatic heterocycles. The van der Waals surface area contributed by atoms with Crippen LogP contribution in [0, 0.1) is 0 Å². The molecule has 1 aliphatic heterocycles. The third-order valence-electron chi connectivity index (χ3n) is 6.02. The minimum atomic E-state index is -1.47. The van der Waals surface area contributed by atoms with Crippen LogP contribution in [0.4, 0.5) is 5.69 Å². The van der Waals surface area contributed by atoms with E-state index in [9.17, 15) is 30.0 Å². The fourth-order valence-electron chi connectivity index (χ4n) is 3.86. The Morgan fingerprint density at radius 3 is 2.26 bits per heavy atom. The van der Waals surface area contributed by atoms with Crippen molar-refractivity contribution >= 4 is 17.4 Å². The SMILES string of the molecule is CCCCCCCCCCOc1c(NCCSCCO[C@@H]2O[C@H](CO)[C@@H](O)[C@H](O)[C@H]2O)c(=O)c1=O. The lowest BCUT2D eigenvalue weighted by Gasteiger charge is -2.39. The zero-order valence-corrected chi connectivity index (χ0v) is 21.3. The molecule has 1 saturated heterocycles. The van der Waals surface area contributed by atoms with Gasteiger partial charge in [0.05, 0.1) is 19.8 Å². The minimum absolute atomic E-state index is 0.133. The molecule has 1 aromatic rings. The smallest absolute Gasteiger partial charge is 0.272 e. The van der Waals surface area contributed by atoms with Gasteiger partial charge >= 0.3 is 0 Å². The minimum Gasteiger partial charge on any atom is -0.487 e. The van der Waals surface area contributed by atoms with Crippen LogP contribution in [0.5, 0.6) is 5.75 Å². The summed E-state index contributed by atoms with van der Waals surface area (Å²) in [5.41, 5.74) is -0.882. The molecular weight excluding hydrogens is 478 g/mol. The van der Waals surface area contributed by atoms with Gasteiger partial charge in [-0.25, -0.2) is 0 Å². The average molecular weight is 520 g/mol. The first-order valence-electron chi connectivity index (χ1n) is 12.6. The fraction of sp³-hybridized carbons (Fsp3) is 0.833. The molecule has 2 rings (SSSR count). The molecule has 1 heterocycles. The van der Waals surface area contributed by atoms with Gasteiger partial charge in [0.15, 0.2) is 12.0 Å². The van der Waals surface area contributed by atoms with Gasteiger partial charge in [0, 0.05) is 18.1 Å². The highest BCUT2D eigenvalue weighted by Gasteiger charge is 2.43. The number of hydrogen-bond donors (Lipinski definition) is 5. The van der Waals surface area contributed by atoms with Crippen LogP contribution in [0.2, 0.25) is 0 Å². The van der Waals surface area contributed by atoms with Gasteiger partial charge < -0.3 is 40.0 Å². The number of anilines is 1. The van der Waals surface area contributed by atoms with Gasteiger partial charge in [0.25, 0.3) is 10.9 Å². The number of hydrogen-bond acceptors (Lipinski definition) is 11. The molecule has 0 amide bonds. The predicted octanol–water partition coefficient (Wildman–Crippen LogP) is 0.764. The van der Waals surface area contributed by atoms with E-state index in [0.717, 1.165) is 19.3 Å². The van der Waals surface area contributed by atoms with Crippen molar-refractivity contribution in [3.63, 3.8) is 0 Å². The van der Waals surface area contributed by atoms with E-state index in [-0.39, 0.29) is 18.0 Å². The van der Waals surface area contributed by atoms with Crippen molar-refractivity contribution in [3.05, 3.63) is 20.4 Å². The summed E-state index contributed by atoms with van der Waals surface area (Å²) in [7, 11) is 0. The first-order chi connectivity index (χ1) is 16.9. The quantitative estimate of drug-likeness (QED) is 0.130. The molecule has 202 valence electrons. The van der Waals surface area contributed by atoms with Crippen molar-refractivity contribution < 1.29 is 34.6 Å². The Hall–Kier alpha value is -1.21. The first kappa shape index (κ1) is 30.0. The Kier molecular flexibility index (Phi) is 14.2. The van der Waals surface area contributed by atoms with E-state index in [1.54, 1.807) is 0 Å². The van der Waals surface area contributed by atoms with E-state index < -0.39 is 48.2 Å². The highest BCUT2D eigenvalue weighted by molar-refractivity contribution is 7.99. The molecule has 10 nitrogen and oxygen atoms in total. The fourth-order valence-corrected chi connectivity index (χ4v) is 4.52. The van der Waals surface area contributed by atoms with Crippen LogP contribution in [-0.4, -0.2) is 89.0 Å². The summed E-state index contributed by atoms with van der Waals surface area (Å²) in [4.78, 5) is 23.6. The normalized spacial score (nSPS) is 24.7. The second-order valence-electron chi connectivity index (χ2n) is 8.79. The number of unbranched alkanes of at least 4 members (excludes halogenated alkanes) is 7. The average Bonchev–Trinajstić information content (AvgIpc) is 2.87. The molecule has 0 saturated carbocycles. The van der Waals surface area contributed by atoms with Gasteiger partial charge in [-0.3, -0.25) is 9.59 Å².